The van der Waals surface area contributed by atoms with E-state index in [0.29, 0.717) is 0 Å². The second-order valence-electron chi connectivity index (χ2n) is 5.72. The molecule has 0 spiro atoms. The second-order valence-corrected chi connectivity index (χ2v) is 5.72. The highest BCUT2D eigenvalue weighted by Gasteiger charge is 2.23. The van der Waals surface area contributed by atoms with E-state index in [0.717, 1.165) is 30.8 Å². The van der Waals surface area contributed by atoms with Gasteiger partial charge in [0.25, 0.3) is 0 Å². The SMILES string of the molecule is CN(C)c1ccnc(NC(=O)N[C@@H]2CCCc3cccnc32)n1. The van der Waals surface area contributed by atoms with Crippen LogP contribution >= 0.6 is 0 Å². The van der Waals surface area contributed by atoms with E-state index >= 15 is 0 Å². The van der Waals surface area contributed by atoms with Crippen molar-refractivity contribution in [2.45, 2.75) is 25.3 Å². The molecule has 0 aliphatic heterocycles. The zero-order valence-corrected chi connectivity index (χ0v) is 13.3. The lowest BCUT2D eigenvalue weighted by Crippen LogP contribution is -2.35. The van der Waals surface area contributed by atoms with E-state index in [2.05, 4.69) is 31.7 Å². The predicted octanol–water partition coefficient (Wildman–Crippen LogP) is 2.14. The Kier molecular flexibility index (Phi) is 4.36. The van der Waals surface area contributed by atoms with Crippen LogP contribution in [0.2, 0.25) is 0 Å². The number of pyridine rings is 1. The minimum atomic E-state index is -0.315. The second kappa shape index (κ2) is 6.60. The molecule has 0 saturated heterocycles. The van der Waals surface area contributed by atoms with Gasteiger partial charge in [-0.2, -0.15) is 4.98 Å². The van der Waals surface area contributed by atoms with Crippen LogP contribution in [0.5, 0.6) is 0 Å². The normalized spacial score (nSPS) is 16.3. The number of hydrogen-bond donors (Lipinski definition) is 2. The molecule has 2 aromatic rings. The van der Waals surface area contributed by atoms with E-state index in [1.54, 1.807) is 18.5 Å². The number of carbonyl (C=O) groups excluding carboxylic acids is 1. The summed E-state index contributed by atoms with van der Waals surface area (Å²) in [5.41, 5.74) is 2.16. The molecule has 2 aromatic heterocycles. The lowest BCUT2D eigenvalue weighted by atomic mass is 9.92. The molecule has 23 heavy (non-hydrogen) atoms. The maximum Gasteiger partial charge on any atom is 0.322 e. The Morgan fingerprint density at radius 2 is 2.13 bits per heavy atom. The molecule has 0 fully saturated rings. The standard InChI is InChI=1S/C16H20N6O/c1-22(2)13-8-10-18-15(20-13)21-16(23)19-12-7-3-5-11-6-4-9-17-14(11)12/h4,6,8-10,12H,3,5,7H2,1-2H3,(H2,18,19,20,21,23)/t12-/m1/s1. The van der Waals surface area contributed by atoms with Gasteiger partial charge >= 0.3 is 6.03 Å². The van der Waals surface area contributed by atoms with Crippen molar-refractivity contribution in [2.75, 3.05) is 24.3 Å². The van der Waals surface area contributed by atoms with Gasteiger partial charge in [-0.3, -0.25) is 10.3 Å². The van der Waals surface area contributed by atoms with Gasteiger partial charge < -0.3 is 10.2 Å². The van der Waals surface area contributed by atoms with Gasteiger partial charge in [0.1, 0.15) is 5.82 Å². The van der Waals surface area contributed by atoms with Crippen LogP contribution in [0.3, 0.4) is 0 Å². The Labute approximate surface area is 135 Å². The van der Waals surface area contributed by atoms with E-state index < -0.39 is 0 Å². The van der Waals surface area contributed by atoms with Crippen molar-refractivity contribution < 1.29 is 4.79 Å². The van der Waals surface area contributed by atoms with Gasteiger partial charge in [-0.25, -0.2) is 9.78 Å². The van der Waals surface area contributed by atoms with Crippen molar-refractivity contribution in [3.63, 3.8) is 0 Å². The van der Waals surface area contributed by atoms with Crippen LogP contribution in [0.15, 0.2) is 30.6 Å². The molecule has 0 bridgehead atoms. The summed E-state index contributed by atoms with van der Waals surface area (Å²) in [5.74, 6) is 1.02. The fourth-order valence-corrected chi connectivity index (χ4v) is 2.70. The third-order valence-electron chi connectivity index (χ3n) is 3.82. The molecule has 1 aliphatic carbocycles. The minimum Gasteiger partial charge on any atom is -0.363 e. The number of nitrogens with zero attached hydrogens (tertiary/aromatic N) is 4. The Bertz CT molecular complexity index is 702. The van der Waals surface area contributed by atoms with Gasteiger partial charge in [-0.1, -0.05) is 6.07 Å². The Morgan fingerprint density at radius 3 is 2.96 bits per heavy atom. The average molecular weight is 312 g/mol. The molecule has 0 unspecified atom stereocenters. The highest BCUT2D eigenvalue weighted by Crippen LogP contribution is 2.27. The van der Waals surface area contributed by atoms with Crippen molar-refractivity contribution >= 4 is 17.8 Å². The smallest absolute Gasteiger partial charge is 0.322 e. The summed E-state index contributed by atoms with van der Waals surface area (Å²) in [6, 6.07) is 5.39. The zero-order chi connectivity index (χ0) is 16.2. The molecule has 3 rings (SSSR count). The van der Waals surface area contributed by atoms with E-state index in [1.807, 2.05) is 25.1 Å². The summed E-state index contributed by atoms with van der Waals surface area (Å²) in [7, 11) is 3.77. The molecule has 0 aromatic carbocycles. The molecule has 7 heteroatoms. The molecular weight excluding hydrogens is 292 g/mol. The molecule has 1 atom stereocenters. The van der Waals surface area contributed by atoms with Crippen LogP contribution in [-0.4, -0.2) is 35.1 Å². The summed E-state index contributed by atoms with van der Waals surface area (Å²) in [4.78, 5) is 26.8. The number of fused-ring (bicyclic) bond motifs is 1. The Morgan fingerprint density at radius 1 is 1.26 bits per heavy atom. The van der Waals surface area contributed by atoms with Gasteiger partial charge in [0.05, 0.1) is 11.7 Å². The first kappa shape index (κ1) is 15.2. The first-order valence-electron chi connectivity index (χ1n) is 7.65. The van der Waals surface area contributed by atoms with Gasteiger partial charge in [0.2, 0.25) is 5.95 Å². The average Bonchev–Trinajstić information content (AvgIpc) is 2.55. The van der Waals surface area contributed by atoms with Gasteiger partial charge in [-0.05, 0) is 37.0 Å². The van der Waals surface area contributed by atoms with Gasteiger partial charge in [0, 0.05) is 26.5 Å². The lowest BCUT2D eigenvalue weighted by molar-refractivity contribution is 0.246. The molecule has 1 aliphatic rings. The fraction of sp³-hybridized carbons (Fsp3) is 0.375. The van der Waals surface area contributed by atoms with Gasteiger partial charge in [0.15, 0.2) is 0 Å². The van der Waals surface area contributed by atoms with Crippen molar-refractivity contribution in [2.24, 2.45) is 0 Å². The van der Waals surface area contributed by atoms with Crippen molar-refractivity contribution in [1.29, 1.82) is 0 Å². The minimum absolute atomic E-state index is 0.0722. The maximum absolute atomic E-state index is 12.2. The number of amides is 2. The number of aromatic nitrogens is 3. The molecular formula is C16H20N6O. The molecule has 0 saturated carbocycles. The predicted molar refractivity (Wildman–Crippen MR) is 88.4 cm³/mol. The van der Waals surface area contributed by atoms with Crippen LogP contribution in [0.4, 0.5) is 16.6 Å². The molecule has 120 valence electrons. The molecule has 2 N–H and O–H groups in total. The molecule has 0 radical (unpaired) electrons. The first-order valence-corrected chi connectivity index (χ1v) is 7.65. The van der Waals surface area contributed by atoms with Crippen LogP contribution in [0.1, 0.15) is 30.1 Å². The largest absolute Gasteiger partial charge is 0.363 e. The highest BCUT2D eigenvalue weighted by atomic mass is 16.2. The molecule has 2 heterocycles. The highest BCUT2D eigenvalue weighted by molar-refractivity contribution is 5.87. The van der Waals surface area contributed by atoms with Crippen LogP contribution in [0.25, 0.3) is 0 Å². The topological polar surface area (TPSA) is 83.0 Å². The monoisotopic (exact) mass is 312 g/mol. The van der Waals surface area contributed by atoms with Crippen molar-refractivity contribution in [1.82, 2.24) is 20.3 Å². The van der Waals surface area contributed by atoms with E-state index in [1.165, 1.54) is 5.56 Å². The number of rotatable bonds is 3. The number of carbonyl (C=O) groups is 1. The van der Waals surface area contributed by atoms with Crippen LogP contribution in [0, 0.1) is 0 Å². The summed E-state index contributed by atoms with van der Waals surface area (Å²) in [5, 5.41) is 5.65. The summed E-state index contributed by atoms with van der Waals surface area (Å²) < 4.78 is 0. The fourth-order valence-electron chi connectivity index (χ4n) is 2.70. The third-order valence-corrected chi connectivity index (χ3v) is 3.82. The van der Waals surface area contributed by atoms with E-state index in [-0.39, 0.29) is 18.0 Å². The van der Waals surface area contributed by atoms with Crippen LogP contribution in [-0.2, 0) is 6.42 Å². The number of nitrogens with one attached hydrogen (secondary N) is 2. The number of aryl methyl sites for hydroxylation is 1. The van der Waals surface area contributed by atoms with Gasteiger partial charge in [-0.15, -0.1) is 0 Å². The Hall–Kier alpha value is -2.70. The molecule has 2 amide bonds. The van der Waals surface area contributed by atoms with Crippen molar-refractivity contribution in [3.8, 4) is 0 Å². The number of urea groups is 1. The number of hydrogen-bond acceptors (Lipinski definition) is 5. The third kappa shape index (κ3) is 3.56. The molecule has 7 nitrogen and oxygen atoms in total. The Balaban J connectivity index is 1.68. The quantitative estimate of drug-likeness (QED) is 0.907. The number of anilines is 2. The van der Waals surface area contributed by atoms with E-state index in [4.69, 9.17) is 0 Å². The summed E-state index contributed by atoms with van der Waals surface area (Å²) in [6.07, 6.45) is 6.32. The van der Waals surface area contributed by atoms with E-state index in [9.17, 15) is 4.79 Å². The zero-order valence-electron chi connectivity index (χ0n) is 13.3. The lowest BCUT2D eigenvalue weighted by Gasteiger charge is -2.25. The van der Waals surface area contributed by atoms with Crippen molar-refractivity contribution in [3.05, 3.63) is 41.9 Å². The summed E-state index contributed by atoms with van der Waals surface area (Å²) in [6.45, 7) is 0. The first-order chi connectivity index (χ1) is 11.1. The van der Waals surface area contributed by atoms with Crippen LogP contribution < -0.4 is 15.5 Å². The maximum atomic E-state index is 12.2. The summed E-state index contributed by atoms with van der Waals surface area (Å²) >= 11 is 0.